The standard InChI is InChI=1S/C17H17ClN6O2/c1-25-14-6-5-11(10-12(14)18)22-17(19)21-9-7-15-23-16(26-24-15)13-4-2-3-8-20-13/h2-6,8,10H,7,9H2,1H3,(H3,19,21,22). The molecule has 2 aromatic heterocycles. The van der Waals surface area contributed by atoms with E-state index in [1.807, 2.05) is 12.1 Å². The Hall–Kier alpha value is -3.13. The summed E-state index contributed by atoms with van der Waals surface area (Å²) in [5.41, 5.74) is 7.23. The van der Waals surface area contributed by atoms with Gasteiger partial charge in [-0.2, -0.15) is 4.98 Å². The second-order valence-electron chi connectivity index (χ2n) is 5.22. The second kappa shape index (κ2) is 8.30. The van der Waals surface area contributed by atoms with Crippen molar-refractivity contribution in [2.24, 2.45) is 10.7 Å². The number of guanidine groups is 1. The van der Waals surface area contributed by atoms with Gasteiger partial charge in [-0.15, -0.1) is 0 Å². The fourth-order valence-electron chi connectivity index (χ4n) is 2.16. The molecule has 0 aliphatic carbocycles. The molecule has 0 atom stereocenters. The first-order valence-corrected chi connectivity index (χ1v) is 8.18. The van der Waals surface area contributed by atoms with Crippen LogP contribution in [-0.4, -0.2) is 34.7 Å². The Morgan fingerprint density at radius 2 is 2.23 bits per heavy atom. The number of benzene rings is 1. The molecule has 8 nitrogen and oxygen atoms in total. The molecule has 26 heavy (non-hydrogen) atoms. The molecule has 1 aromatic carbocycles. The van der Waals surface area contributed by atoms with Crippen LogP contribution >= 0.6 is 11.6 Å². The van der Waals surface area contributed by atoms with E-state index in [2.05, 4.69) is 25.4 Å². The number of aromatic nitrogens is 3. The van der Waals surface area contributed by atoms with E-state index >= 15 is 0 Å². The van der Waals surface area contributed by atoms with Gasteiger partial charge in [-0.3, -0.25) is 9.98 Å². The number of aliphatic imine (C=N–C) groups is 1. The summed E-state index contributed by atoms with van der Waals surface area (Å²) in [5, 5.41) is 7.37. The molecule has 0 bridgehead atoms. The van der Waals surface area contributed by atoms with Gasteiger partial charge < -0.3 is 20.3 Å². The van der Waals surface area contributed by atoms with E-state index < -0.39 is 0 Å². The summed E-state index contributed by atoms with van der Waals surface area (Å²) in [6, 6.07) is 10.7. The number of hydrogen-bond donors (Lipinski definition) is 2. The molecule has 0 fully saturated rings. The summed E-state index contributed by atoms with van der Waals surface area (Å²) in [6.45, 7) is 0.407. The number of pyridine rings is 1. The number of nitrogens with one attached hydrogen (secondary N) is 1. The predicted octanol–water partition coefficient (Wildman–Crippen LogP) is 2.76. The summed E-state index contributed by atoms with van der Waals surface area (Å²) < 4.78 is 10.3. The van der Waals surface area contributed by atoms with Crippen molar-refractivity contribution < 1.29 is 9.26 Å². The number of rotatable bonds is 6. The van der Waals surface area contributed by atoms with Crippen LogP contribution < -0.4 is 15.8 Å². The summed E-state index contributed by atoms with van der Waals surface area (Å²) in [6.07, 6.45) is 2.16. The van der Waals surface area contributed by atoms with Gasteiger partial charge in [-0.1, -0.05) is 22.8 Å². The molecule has 3 rings (SSSR count). The Kier molecular flexibility index (Phi) is 5.65. The van der Waals surface area contributed by atoms with Crippen molar-refractivity contribution in [3.05, 3.63) is 53.4 Å². The Labute approximate surface area is 155 Å². The largest absolute Gasteiger partial charge is 0.495 e. The maximum atomic E-state index is 6.07. The van der Waals surface area contributed by atoms with Gasteiger partial charge in [0.2, 0.25) is 0 Å². The zero-order valence-corrected chi connectivity index (χ0v) is 14.8. The minimum absolute atomic E-state index is 0.264. The van der Waals surface area contributed by atoms with Gasteiger partial charge in [0.05, 0.1) is 12.1 Å². The highest BCUT2D eigenvalue weighted by Crippen LogP contribution is 2.27. The van der Waals surface area contributed by atoms with Gasteiger partial charge in [0.1, 0.15) is 11.4 Å². The number of nitrogens with two attached hydrogens (primary N) is 1. The number of methoxy groups -OCH3 is 1. The van der Waals surface area contributed by atoms with Gasteiger partial charge in [0.25, 0.3) is 5.89 Å². The van der Waals surface area contributed by atoms with Crippen LogP contribution in [0.25, 0.3) is 11.6 Å². The van der Waals surface area contributed by atoms with Crippen molar-refractivity contribution in [2.75, 3.05) is 19.0 Å². The average Bonchev–Trinajstić information content (AvgIpc) is 3.11. The quantitative estimate of drug-likeness (QED) is 0.505. The Bertz CT molecular complexity index is 897. The van der Waals surface area contributed by atoms with Crippen molar-refractivity contribution in [3.63, 3.8) is 0 Å². The monoisotopic (exact) mass is 372 g/mol. The van der Waals surface area contributed by atoms with E-state index in [1.54, 1.807) is 37.6 Å². The molecular formula is C17H17ClN6O2. The predicted molar refractivity (Wildman–Crippen MR) is 99.3 cm³/mol. The lowest BCUT2D eigenvalue weighted by Gasteiger charge is -2.08. The SMILES string of the molecule is COc1ccc(NC(N)=NCCc2noc(-c3ccccn3)n2)cc1Cl. The first-order valence-electron chi connectivity index (χ1n) is 7.80. The van der Waals surface area contributed by atoms with Gasteiger partial charge >= 0.3 is 0 Å². The molecule has 0 aliphatic heterocycles. The van der Waals surface area contributed by atoms with Crippen LogP contribution in [-0.2, 0) is 6.42 Å². The van der Waals surface area contributed by atoms with Crippen LogP contribution in [0, 0.1) is 0 Å². The lowest BCUT2D eigenvalue weighted by atomic mass is 10.3. The molecule has 3 N–H and O–H groups in total. The Balaban J connectivity index is 1.55. The minimum atomic E-state index is 0.264. The Morgan fingerprint density at radius 1 is 1.35 bits per heavy atom. The summed E-state index contributed by atoms with van der Waals surface area (Å²) in [7, 11) is 1.56. The maximum absolute atomic E-state index is 6.07. The molecule has 134 valence electrons. The van der Waals surface area contributed by atoms with Crippen molar-refractivity contribution in [3.8, 4) is 17.3 Å². The van der Waals surface area contributed by atoms with Crippen LogP contribution in [0.3, 0.4) is 0 Å². The topological polar surface area (TPSA) is 111 Å². The molecule has 9 heteroatoms. The van der Waals surface area contributed by atoms with Crippen LogP contribution in [0.5, 0.6) is 5.75 Å². The van der Waals surface area contributed by atoms with Crippen LogP contribution in [0.4, 0.5) is 5.69 Å². The molecule has 3 aromatic rings. The molecule has 0 radical (unpaired) electrons. The maximum Gasteiger partial charge on any atom is 0.276 e. The average molecular weight is 373 g/mol. The van der Waals surface area contributed by atoms with E-state index in [0.717, 1.165) is 0 Å². The smallest absolute Gasteiger partial charge is 0.276 e. The fraction of sp³-hybridized carbons (Fsp3) is 0.176. The van der Waals surface area contributed by atoms with E-state index in [1.165, 1.54) is 0 Å². The lowest BCUT2D eigenvalue weighted by molar-refractivity contribution is 0.415. The Morgan fingerprint density at radius 3 is 2.96 bits per heavy atom. The highest BCUT2D eigenvalue weighted by atomic mass is 35.5. The number of anilines is 1. The normalized spacial score (nSPS) is 11.4. The summed E-state index contributed by atoms with van der Waals surface area (Å²) in [4.78, 5) is 12.7. The molecule has 0 amide bonds. The second-order valence-corrected chi connectivity index (χ2v) is 5.63. The van der Waals surface area contributed by atoms with Crippen LogP contribution in [0.15, 0.2) is 52.1 Å². The zero-order valence-electron chi connectivity index (χ0n) is 14.0. The van der Waals surface area contributed by atoms with Gasteiger partial charge in [-0.05, 0) is 30.3 Å². The van der Waals surface area contributed by atoms with Crippen molar-refractivity contribution >= 4 is 23.2 Å². The van der Waals surface area contributed by atoms with E-state index in [-0.39, 0.29) is 5.96 Å². The minimum Gasteiger partial charge on any atom is -0.495 e. The molecule has 0 saturated heterocycles. The number of halogens is 1. The number of ether oxygens (including phenoxy) is 1. The zero-order chi connectivity index (χ0) is 18.4. The molecule has 0 unspecified atom stereocenters. The molecular weight excluding hydrogens is 356 g/mol. The first-order chi connectivity index (χ1) is 12.7. The van der Waals surface area contributed by atoms with Crippen LogP contribution in [0.1, 0.15) is 5.82 Å². The highest BCUT2D eigenvalue weighted by molar-refractivity contribution is 6.32. The summed E-state index contributed by atoms with van der Waals surface area (Å²) in [5.74, 6) is 1.77. The van der Waals surface area contributed by atoms with Gasteiger partial charge in [0.15, 0.2) is 11.8 Å². The van der Waals surface area contributed by atoms with E-state index in [4.69, 9.17) is 26.6 Å². The number of nitrogens with zero attached hydrogens (tertiary/aromatic N) is 4. The summed E-state index contributed by atoms with van der Waals surface area (Å²) >= 11 is 6.07. The van der Waals surface area contributed by atoms with E-state index in [9.17, 15) is 0 Å². The molecule has 0 aliphatic rings. The van der Waals surface area contributed by atoms with Gasteiger partial charge in [0, 0.05) is 24.8 Å². The van der Waals surface area contributed by atoms with Crippen molar-refractivity contribution in [1.82, 2.24) is 15.1 Å². The third-order valence-electron chi connectivity index (χ3n) is 3.39. The molecule has 2 heterocycles. The van der Waals surface area contributed by atoms with Crippen molar-refractivity contribution in [1.29, 1.82) is 0 Å². The van der Waals surface area contributed by atoms with Crippen molar-refractivity contribution in [2.45, 2.75) is 6.42 Å². The first kappa shape index (κ1) is 17.7. The van der Waals surface area contributed by atoms with E-state index in [0.29, 0.717) is 46.8 Å². The molecule has 0 spiro atoms. The van der Waals surface area contributed by atoms with Gasteiger partial charge in [-0.25, -0.2) is 0 Å². The highest BCUT2D eigenvalue weighted by Gasteiger charge is 2.09. The third-order valence-corrected chi connectivity index (χ3v) is 3.69. The lowest BCUT2D eigenvalue weighted by Crippen LogP contribution is -2.23. The van der Waals surface area contributed by atoms with Crippen LogP contribution in [0.2, 0.25) is 5.02 Å². The number of hydrogen-bond acceptors (Lipinski definition) is 6. The third kappa shape index (κ3) is 4.48. The fourth-order valence-corrected chi connectivity index (χ4v) is 2.41. The molecule has 0 saturated carbocycles.